The average Bonchev–Trinajstić information content (AvgIpc) is 2.74. The summed E-state index contributed by atoms with van der Waals surface area (Å²) < 4.78 is 27.0. The second-order valence-corrected chi connectivity index (χ2v) is 7.02. The van der Waals surface area contributed by atoms with Gasteiger partial charge in [-0.15, -0.1) is 0 Å². The molecule has 0 aliphatic carbocycles. The summed E-state index contributed by atoms with van der Waals surface area (Å²) in [5, 5.41) is 9.83. The zero-order valence-electron chi connectivity index (χ0n) is 16.1. The summed E-state index contributed by atoms with van der Waals surface area (Å²) in [5.74, 6) is -3.20. The summed E-state index contributed by atoms with van der Waals surface area (Å²) in [5.41, 5.74) is 0.146. The Bertz CT molecular complexity index is 1430. The molecule has 2 N–H and O–H groups in total. The first-order valence-electron chi connectivity index (χ1n) is 9.13. The molecule has 0 aliphatic heterocycles. The van der Waals surface area contributed by atoms with Crippen LogP contribution >= 0.6 is 0 Å². The van der Waals surface area contributed by atoms with Gasteiger partial charge in [-0.3, -0.25) is 14.6 Å². The highest BCUT2D eigenvalue weighted by Gasteiger charge is 2.17. The molecule has 7 nitrogen and oxygen atoms in total. The Kier molecular flexibility index (Phi) is 4.94. The van der Waals surface area contributed by atoms with E-state index in [1.165, 1.54) is 30.3 Å². The first-order valence-corrected chi connectivity index (χ1v) is 9.13. The molecule has 0 saturated carbocycles. The molecule has 0 fully saturated rings. The molecule has 1 amide bonds. The summed E-state index contributed by atoms with van der Waals surface area (Å²) in [6, 6.07) is 7.77. The fraction of sp³-hybridized carbons (Fsp3) is 0.0909. The molecule has 0 spiro atoms. The van der Waals surface area contributed by atoms with E-state index < -0.39 is 28.9 Å². The third kappa shape index (κ3) is 3.61. The highest BCUT2D eigenvalue weighted by molar-refractivity contribution is 6.06. The van der Waals surface area contributed by atoms with Crippen molar-refractivity contribution < 1.29 is 23.5 Å². The quantitative estimate of drug-likeness (QED) is 0.490. The number of benzene rings is 2. The number of halogens is 2. The lowest BCUT2D eigenvalue weighted by Crippen LogP contribution is -2.26. The number of nitrogens with one attached hydrogen (secondary N) is 1. The average molecular weight is 423 g/mol. The van der Waals surface area contributed by atoms with Gasteiger partial charge < -0.3 is 15.0 Å². The Morgan fingerprint density at radius 2 is 1.94 bits per heavy atom. The number of carbonyl (C=O) groups excluding carboxylic acids is 1. The van der Waals surface area contributed by atoms with Crippen LogP contribution < -0.4 is 5.43 Å². The maximum atomic E-state index is 13.9. The smallest absolute Gasteiger partial charge is 0.341 e. The molecule has 0 atom stereocenters. The number of nitrogens with zero attached hydrogens (tertiary/aromatic N) is 2. The third-order valence-electron chi connectivity index (χ3n) is 4.95. The predicted molar refractivity (Wildman–Crippen MR) is 109 cm³/mol. The number of hydrogen-bond donors (Lipinski definition) is 2. The number of fused-ring (bicyclic) bond motifs is 3. The van der Waals surface area contributed by atoms with Crippen molar-refractivity contribution in [1.29, 1.82) is 0 Å². The number of carbonyl (C=O) groups is 2. The fourth-order valence-electron chi connectivity index (χ4n) is 3.37. The molecule has 31 heavy (non-hydrogen) atoms. The van der Waals surface area contributed by atoms with Gasteiger partial charge in [0.2, 0.25) is 5.43 Å². The minimum atomic E-state index is -1.34. The Morgan fingerprint density at radius 1 is 1.16 bits per heavy atom. The third-order valence-corrected chi connectivity index (χ3v) is 4.95. The molecule has 2 heterocycles. The van der Waals surface area contributed by atoms with Gasteiger partial charge >= 0.3 is 5.97 Å². The van der Waals surface area contributed by atoms with Crippen LogP contribution in [0, 0.1) is 11.6 Å². The molecule has 2 aromatic carbocycles. The molecule has 2 aromatic heterocycles. The molecule has 4 rings (SSSR count). The number of hydrogen-bond acceptors (Lipinski definition) is 4. The number of aromatic amines is 1. The lowest BCUT2D eigenvalue weighted by Gasteiger charge is -2.18. The van der Waals surface area contributed by atoms with Crippen LogP contribution in [-0.2, 0) is 6.54 Å². The van der Waals surface area contributed by atoms with E-state index in [1.807, 2.05) is 0 Å². The van der Waals surface area contributed by atoms with Crippen molar-refractivity contribution >= 4 is 33.7 Å². The van der Waals surface area contributed by atoms with Gasteiger partial charge in [0, 0.05) is 48.4 Å². The summed E-state index contributed by atoms with van der Waals surface area (Å²) in [7, 11) is 1.49. The maximum absolute atomic E-state index is 13.9. The minimum absolute atomic E-state index is 0.0635. The molecule has 0 unspecified atom stereocenters. The first kappa shape index (κ1) is 20.1. The number of carboxylic acids is 1. The molecule has 0 saturated heterocycles. The van der Waals surface area contributed by atoms with Gasteiger partial charge in [0.25, 0.3) is 5.91 Å². The van der Waals surface area contributed by atoms with Gasteiger partial charge in [-0.05, 0) is 18.2 Å². The van der Waals surface area contributed by atoms with Gasteiger partial charge in [-0.2, -0.15) is 0 Å². The van der Waals surface area contributed by atoms with Crippen LogP contribution in [-0.4, -0.2) is 38.9 Å². The molecular formula is C22H15F2N3O4. The van der Waals surface area contributed by atoms with E-state index in [1.54, 1.807) is 12.1 Å². The van der Waals surface area contributed by atoms with Crippen LogP contribution in [0.3, 0.4) is 0 Å². The van der Waals surface area contributed by atoms with E-state index in [0.29, 0.717) is 16.4 Å². The zero-order chi connectivity index (χ0) is 22.3. The first-order chi connectivity index (χ1) is 14.8. The lowest BCUT2D eigenvalue weighted by atomic mass is 10.1. The van der Waals surface area contributed by atoms with Crippen molar-refractivity contribution in [2.45, 2.75) is 6.54 Å². The summed E-state index contributed by atoms with van der Waals surface area (Å²) >= 11 is 0. The fourth-order valence-corrected chi connectivity index (χ4v) is 3.37. The van der Waals surface area contributed by atoms with E-state index in [4.69, 9.17) is 5.11 Å². The monoisotopic (exact) mass is 423 g/mol. The van der Waals surface area contributed by atoms with E-state index in [9.17, 15) is 23.2 Å². The Labute approximate surface area is 173 Å². The molecule has 0 aliphatic rings. The highest BCUT2D eigenvalue weighted by Crippen LogP contribution is 2.22. The van der Waals surface area contributed by atoms with Crippen molar-refractivity contribution in [1.82, 2.24) is 14.9 Å². The standard InChI is InChI=1S/C22H15F2N3O4/c1-27(10-12-2-4-14(23)7-17(12)24)21(29)13-6-11-3-5-15-19(18(11)25-8-13)26-9-16(20(15)28)22(30)31/h2-9H,10H2,1H3,(H,26,28)(H,30,31). The van der Waals surface area contributed by atoms with Crippen LogP contribution in [0.1, 0.15) is 26.3 Å². The van der Waals surface area contributed by atoms with E-state index in [2.05, 4.69) is 9.97 Å². The van der Waals surface area contributed by atoms with E-state index in [-0.39, 0.29) is 28.6 Å². The van der Waals surface area contributed by atoms with Gasteiger partial charge in [0.1, 0.15) is 17.2 Å². The second-order valence-electron chi connectivity index (χ2n) is 7.02. The largest absolute Gasteiger partial charge is 0.477 e. The number of amides is 1. The summed E-state index contributed by atoms with van der Waals surface area (Å²) in [6.07, 6.45) is 2.43. The molecule has 156 valence electrons. The van der Waals surface area contributed by atoms with Crippen LogP contribution in [0.4, 0.5) is 8.78 Å². The minimum Gasteiger partial charge on any atom is -0.477 e. The predicted octanol–water partition coefficient (Wildman–Crippen LogP) is 3.32. The molecular weight excluding hydrogens is 408 g/mol. The lowest BCUT2D eigenvalue weighted by molar-refractivity contribution is 0.0694. The van der Waals surface area contributed by atoms with Crippen LogP contribution in [0.25, 0.3) is 21.8 Å². The molecule has 0 radical (unpaired) electrons. The Morgan fingerprint density at radius 3 is 2.65 bits per heavy atom. The second kappa shape index (κ2) is 7.60. The summed E-state index contributed by atoms with van der Waals surface area (Å²) in [6.45, 7) is -0.0635. The van der Waals surface area contributed by atoms with Crippen LogP contribution in [0.5, 0.6) is 0 Å². The van der Waals surface area contributed by atoms with Crippen molar-refractivity contribution in [3.63, 3.8) is 0 Å². The summed E-state index contributed by atoms with van der Waals surface area (Å²) in [4.78, 5) is 44.6. The maximum Gasteiger partial charge on any atom is 0.341 e. The number of aromatic carboxylic acids is 1. The van der Waals surface area contributed by atoms with E-state index in [0.717, 1.165) is 18.3 Å². The van der Waals surface area contributed by atoms with Gasteiger partial charge in [0.05, 0.1) is 16.6 Å². The molecule has 0 bridgehead atoms. The number of carboxylic acid groups (broad SMARTS) is 1. The topological polar surface area (TPSA) is 103 Å². The van der Waals surface area contributed by atoms with Crippen molar-refractivity contribution in [2.24, 2.45) is 0 Å². The molecule has 9 heteroatoms. The van der Waals surface area contributed by atoms with Crippen LogP contribution in [0.15, 0.2) is 53.6 Å². The van der Waals surface area contributed by atoms with Crippen molar-refractivity contribution in [2.75, 3.05) is 7.05 Å². The van der Waals surface area contributed by atoms with Gasteiger partial charge in [0.15, 0.2) is 0 Å². The Hall–Kier alpha value is -4.14. The van der Waals surface area contributed by atoms with Gasteiger partial charge in [-0.1, -0.05) is 12.1 Å². The van der Waals surface area contributed by atoms with Crippen molar-refractivity contribution in [3.8, 4) is 0 Å². The molecule has 4 aromatic rings. The van der Waals surface area contributed by atoms with Crippen molar-refractivity contribution in [3.05, 3.63) is 87.3 Å². The number of H-pyrrole nitrogens is 1. The number of rotatable bonds is 4. The number of pyridine rings is 2. The normalized spacial score (nSPS) is 11.1. The zero-order valence-corrected chi connectivity index (χ0v) is 16.1. The van der Waals surface area contributed by atoms with E-state index >= 15 is 0 Å². The SMILES string of the molecule is CN(Cc1ccc(F)cc1F)C(=O)c1cnc2c(ccc3c(=O)c(C(=O)O)c[nH]c32)c1. The Balaban J connectivity index is 1.69. The van der Waals surface area contributed by atoms with Gasteiger partial charge in [-0.25, -0.2) is 13.6 Å². The van der Waals surface area contributed by atoms with Crippen LogP contribution in [0.2, 0.25) is 0 Å². The highest BCUT2D eigenvalue weighted by atomic mass is 19.1. The number of aromatic nitrogens is 2.